The van der Waals surface area contributed by atoms with E-state index in [0.717, 1.165) is 5.69 Å². The highest BCUT2D eigenvalue weighted by atomic mass is 16.5. The zero-order valence-electron chi connectivity index (χ0n) is 8.64. The molecule has 7 nitrogen and oxygen atoms in total. The summed E-state index contributed by atoms with van der Waals surface area (Å²) < 4.78 is 6.67. The minimum atomic E-state index is 0.548. The van der Waals surface area contributed by atoms with Gasteiger partial charge in [0, 0.05) is 13.6 Å². The second kappa shape index (κ2) is 4.18. The van der Waals surface area contributed by atoms with Crippen molar-refractivity contribution in [2.75, 3.05) is 0 Å². The van der Waals surface area contributed by atoms with Gasteiger partial charge in [-0.05, 0) is 6.92 Å². The van der Waals surface area contributed by atoms with Gasteiger partial charge in [0.1, 0.15) is 0 Å². The number of rotatable bonds is 4. The summed E-state index contributed by atoms with van der Waals surface area (Å²) in [4.78, 5) is 4.07. The van der Waals surface area contributed by atoms with Gasteiger partial charge in [0.25, 0.3) is 0 Å². The smallest absolute Gasteiger partial charge is 0.240 e. The number of aryl methyl sites for hydroxylation is 2. The fourth-order valence-electron chi connectivity index (χ4n) is 1.18. The molecule has 15 heavy (non-hydrogen) atoms. The lowest BCUT2D eigenvalue weighted by Crippen LogP contribution is -2.15. The number of aromatic nitrogens is 5. The normalized spacial score (nSPS) is 10.8. The molecule has 0 radical (unpaired) electrons. The van der Waals surface area contributed by atoms with Crippen LogP contribution < -0.4 is 5.32 Å². The monoisotopic (exact) mass is 208 g/mol. The van der Waals surface area contributed by atoms with Gasteiger partial charge in [0.15, 0.2) is 5.82 Å². The molecule has 0 saturated heterocycles. The highest BCUT2D eigenvalue weighted by Gasteiger charge is 2.03. The molecule has 2 aromatic heterocycles. The average Bonchev–Trinajstić information content (AvgIpc) is 2.77. The van der Waals surface area contributed by atoms with Gasteiger partial charge in [-0.25, -0.2) is 0 Å². The van der Waals surface area contributed by atoms with E-state index in [0.29, 0.717) is 24.8 Å². The van der Waals surface area contributed by atoms with Gasteiger partial charge >= 0.3 is 0 Å². The molecule has 2 rings (SSSR count). The SMILES string of the molecule is Cc1noc(CNCc2cnnn2C)n1. The molecule has 2 aromatic rings. The standard InChI is InChI=1S/C8H12N6O/c1-6-11-8(15-12-6)5-9-3-7-4-10-13-14(7)2/h4,9H,3,5H2,1-2H3. The van der Waals surface area contributed by atoms with E-state index >= 15 is 0 Å². The molecule has 0 aliphatic rings. The molecule has 1 N–H and O–H groups in total. The van der Waals surface area contributed by atoms with Crippen LogP contribution in [0.3, 0.4) is 0 Å². The molecule has 0 saturated carbocycles. The van der Waals surface area contributed by atoms with Crippen LogP contribution in [-0.4, -0.2) is 25.1 Å². The van der Waals surface area contributed by atoms with Crippen LogP contribution in [0, 0.1) is 6.92 Å². The van der Waals surface area contributed by atoms with Crippen molar-refractivity contribution in [3.63, 3.8) is 0 Å². The summed E-state index contributed by atoms with van der Waals surface area (Å²) in [6, 6.07) is 0. The lowest BCUT2D eigenvalue weighted by molar-refractivity contribution is 0.363. The van der Waals surface area contributed by atoms with Gasteiger partial charge < -0.3 is 9.84 Å². The summed E-state index contributed by atoms with van der Waals surface area (Å²) in [5.41, 5.74) is 1.01. The molecule has 0 aliphatic carbocycles. The fourth-order valence-corrected chi connectivity index (χ4v) is 1.18. The fraction of sp³-hybridized carbons (Fsp3) is 0.500. The van der Waals surface area contributed by atoms with Crippen molar-refractivity contribution < 1.29 is 4.52 Å². The zero-order chi connectivity index (χ0) is 10.7. The summed E-state index contributed by atoms with van der Waals surface area (Å²) in [5, 5.41) is 14.4. The summed E-state index contributed by atoms with van der Waals surface area (Å²) in [7, 11) is 1.85. The summed E-state index contributed by atoms with van der Waals surface area (Å²) in [5.74, 6) is 1.23. The van der Waals surface area contributed by atoms with Crippen molar-refractivity contribution in [3.05, 3.63) is 23.6 Å². The second-order valence-electron chi connectivity index (χ2n) is 3.19. The van der Waals surface area contributed by atoms with E-state index in [4.69, 9.17) is 4.52 Å². The van der Waals surface area contributed by atoms with E-state index < -0.39 is 0 Å². The first kappa shape index (κ1) is 9.78. The van der Waals surface area contributed by atoms with E-state index in [-0.39, 0.29) is 0 Å². The molecule has 0 aromatic carbocycles. The van der Waals surface area contributed by atoms with Gasteiger partial charge in [-0.1, -0.05) is 10.4 Å². The van der Waals surface area contributed by atoms with E-state index in [1.165, 1.54) is 0 Å². The Morgan fingerprint density at radius 1 is 1.47 bits per heavy atom. The third kappa shape index (κ3) is 2.38. The average molecular weight is 208 g/mol. The van der Waals surface area contributed by atoms with Gasteiger partial charge in [-0.2, -0.15) is 4.98 Å². The Balaban J connectivity index is 1.83. The first-order valence-corrected chi connectivity index (χ1v) is 4.59. The summed E-state index contributed by atoms with van der Waals surface area (Å²) in [6.45, 7) is 3.01. The third-order valence-electron chi connectivity index (χ3n) is 1.96. The molecule has 0 bridgehead atoms. The van der Waals surface area contributed by atoms with Crippen molar-refractivity contribution in [2.45, 2.75) is 20.0 Å². The third-order valence-corrected chi connectivity index (χ3v) is 1.96. The first-order chi connectivity index (χ1) is 7.25. The van der Waals surface area contributed by atoms with E-state index in [2.05, 4.69) is 25.8 Å². The summed E-state index contributed by atoms with van der Waals surface area (Å²) >= 11 is 0. The largest absolute Gasteiger partial charge is 0.338 e. The van der Waals surface area contributed by atoms with Crippen molar-refractivity contribution in [3.8, 4) is 0 Å². The Morgan fingerprint density at radius 2 is 2.33 bits per heavy atom. The number of hydrogen-bond donors (Lipinski definition) is 1. The van der Waals surface area contributed by atoms with Crippen molar-refractivity contribution in [1.82, 2.24) is 30.5 Å². The lowest BCUT2D eigenvalue weighted by atomic mass is 10.4. The maximum absolute atomic E-state index is 4.95. The highest BCUT2D eigenvalue weighted by molar-refractivity contribution is 4.92. The predicted molar refractivity (Wildman–Crippen MR) is 50.6 cm³/mol. The maximum atomic E-state index is 4.95. The van der Waals surface area contributed by atoms with Crippen molar-refractivity contribution >= 4 is 0 Å². The Hall–Kier alpha value is -1.76. The number of nitrogens with one attached hydrogen (secondary N) is 1. The van der Waals surface area contributed by atoms with E-state index in [1.54, 1.807) is 17.8 Å². The van der Waals surface area contributed by atoms with Gasteiger partial charge in [-0.15, -0.1) is 5.10 Å². The molecule has 0 atom stereocenters. The zero-order valence-corrected chi connectivity index (χ0v) is 8.64. The molecular formula is C8H12N6O. The van der Waals surface area contributed by atoms with Gasteiger partial charge in [-0.3, -0.25) is 4.68 Å². The Kier molecular flexibility index (Phi) is 2.72. The summed E-state index contributed by atoms with van der Waals surface area (Å²) in [6.07, 6.45) is 1.71. The molecular weight excluding hydrogens is 196 g/mol. The quantitative estimate of drug-likeness (QED) is 0.749. The van der Waals surface area contributed by atoms with Crippen LogP contribution in [-0.2, 0) is 20.1 Å². The number of hydrogen-bond acceptors (Lipinski definition) is 6. The molecule has 0 aliphatic heterocycles. The molecule has 2 heterocycles. The Bertz CT molecular complexity index is 434. The Labute approximate surface area is 86.5 Å². The molecule has 0 spiro atoms. The second-order valence-corrected chi connectivity index (χ2v) is 3.19. The topological polar surface area (TPSA) is 81.7 Å². The first-order valence-electron chi connectivity index (χ1n) is 4.59. The lowest BCUT2D eigenvalue weighted by Gasteiger charge is -2.00. The van der Waals surface area contributed by atoms with Crippen molar-refractivity contribution in [1.29, 1.82) is 0 Å². The predicted octanol–water partition coefficient (Wildman–Crippen LogP) is -0.204. The van der Waals surface area contributed by atoms with Crippen LogP contribution in [0.2, 0.25) is 0 Å². The maximum Gasteiger partial charge on any atom is 0.240 e. The van der Waals surface area contributed by atoms with Crippen LogP contribution >= 0.6 is 0 Å². The van der Waals surface area contributed by atoms with Gasteiger partial charge in [0.05, 0.1) is 18.4 Å². The highest BCUT2D eigenvalue weighted by Crippen LogP contribution is 1.97. The Morgan fingerprint density at radius 3 is 2.93 bits per heavy atom. The number of nitrogens with zero attached hydrogens (tertiary/aromatic N) is 5. The van der Waals surface area contributed by atoms with E-state index in [1.807, 2.05) is 7.05 Å². The van der Waals surface area contributed by atoms with Crippen LogP contribution in [0.4, 0.5) is 0 Å². The van der Waals surface area contributed by atoms with E-state index in [9.17, 15) is 0 Å². The molecule has 7 heteroatoms. The molecule has 80 valence electrons. The van der Waals surface area contributed by atoms with Crippen LogP contribution in [0.1, 0.15) is 17.4 Å². The van der Waals surface area contributed by atoms with Gasteiger partial charge in [0.2, 0.25) is 5.89 Å². The minimum Gasteiger partial charge on any atom is -0.338 e. The molecule has 0 unspecified atom stereocenters. The van der Waals surface area contributed by atoms with Crippen molar-refractivity contribution in [2.24, 2.45) is 7.05 Å². The molecule has 0 amide bonds. The molecule has 0 fully saturated rings. The minimum absolute atomic E-state index is 0.548. The van der Waals surface area contributed by atoms with Crippen LogP contribution in [0.15, 0.2) is 10.7 Å². The van der Waals surface area contributed by atoms with Crippen LogP contribution in [0.5, 0.6) is 0 Å². The van der Waals surface area contributed by atoms with Crippen LogP contribution in [0.25, 0.3) is 0 Å².